The zero-order valence-electron chi connectivity index (χ0n) is 12.3. The Balaban J connectivity index is 1.50. The summed E-state index contributed by atoms with van der Waals surface area (Å²) in [6, 6.07) is 10.9. The Morgan fingerprint density at radius 2 is 2.05 bits per heavy atom. The summed E-state index contributed by atoms with van der Waals surface area (Å²) in [5.74, 6) is -0.233. The van der Waals surface area contributed by atoms with Crippen molar-refractivity contribution in [3.8, 4) is 0 Å². The first-order chi connectivity index (χ1) is 10.7. The van der Waals surface area contributed by atoms with Gasteiger partial charge in [0.25, 0.3) is 0 Å². The topological polar surface area (TPSA) is 32.3 Å². The lowest BCUT2D eigenvalue weighted by molar-refractivity contribution is 0.192. The number of rotatable bonds is 6. The molecule has 1 aromatic heterocycles. The van der Waals surface area contributed by atoms with Gasteiger partial charge in [-0.25, -0.2) is 9.18 Å². The zero-order chi connectivity index (χ0) is 15.4. The number of nitrogens with zero attached hydrogens (tertiary/aromatic N) is 1. The number of hydrogen-bond acceptors (Lipinski definition) is 2. The van der Waals surface area contributed by atoms with Crippen LogP contribution in [0.1, 0.15) is 23.3 Å². The van der Waals surface area contributed by atoms with Crippen LogP contribution in [0, 0.1) is 5.82 Å². The highest BCUT2D eigenvalue weighted by Crippen LogP contribution is 2.29. The highest BCUT2D eigenvalue weighted by atomic mass is 32.1. The van der Waals surface area contributed by atoms with Gasteiger partial charge in [0, 0.05) is 17.5 Å². The van der Waals surface area contributed by atoms with Crippen LogP contribution >= 0.6 is 11.3 Å². The van der Waals surface area contributed by atoms with E-state index in [9.17, 15) is 9.18 Å². The molecular weight excluding hydrogens is 299 g/mol. The molecule has 3 nitrogen and oxygen atoms in total. The van der Waals surface area contributed by atoms with Crippen LogP contribution in [0.3, 0.4) is 0 Å². The molecule has 0 saturated heterocycles. The van der Waals surface area contributed by atoms with E-state index in [1.165, 1.54) is 17.0 Å². The van der Waals surface area contributed by atoms with E-state index in [2.05, 4.69) is 11.4 Å². The number of thiophene rings is 1. The van der Waals surface area contributed by atoms with Crippen molar-refractivity contribution in [1.82, 2.24) is 10.2 Å². The number of halogens is 1. The van der Waals surface area contributed by atoms with Crippen molar-refractivity contribution in [3.63, 3.8) is 0 Å². The Kier molecular flexibility index (Phi) is 4.73. The maximum Gasteiger partial charge on any atom is 0.317 e. The number of carbonyl (C=O) groups excluding carboxylic acids is 1. The van der Waals surface area contributed by atoms with Gasteiger partial charge in [-0.05, 0) is 48.4 Å². The molecule has 2 aromatic rings. The van der Waals surface area contributed by atoms with Crippen LogP contribution in [0.15, 0.2) is 41.8 Å². The normalized spacial score (nSPS) is 13.9. The smallest absolute Gasteiger partial charge is 0.317 e. The van der Waals surface area contributed by atoms with Gasteiger partial charge in [0.2, 0.25) is 0 Å². The molecule has 116 valence electrons. The zero-order valence-corrected chi connectivity index (χ0v) is 13.1. The average molecular weight is 318 g/mol. The summed E-state index contributed by atoms with van der Waals surface area (Å²) < 4.78 is 12.8. The van der Waals surface area contributed by atoms with Crippen LogP contribution in [0.5, 0.6) is 0 Å². The first-order valence-electron chi connectivity index (χ1n) is 7.53. The molecule has 0 radical (unpaired) electrons. The summed E-state index contributed by atoms with van der Waals surface area (Å²) >= 11 is 1.68. The first kappa shape index (κ1) is 15.0. The van der Waals surface area contributed by atoms with Gasteiger partial charge in [-0.2, -0.15) is 0 Å². The summed E-state index contributed by atoms with van der Waals surface area (Å²) in [5.41, 5.74) is 1.03. The predicted octanol–water partition coefficient (Wildman–Crippen LogP) is 3.80. The maximum absolute atomic E-state index is 12.8. The fourth-order valence-electron chi connectivity index (χ4n) is 2.39. The molecular formula is C17H19FN2OS. The highest BCUT2D eigenvalue weighted by Gasteiger charge is 2.32. The molecule has 0 bridgehead atoms. The van der Waals surface area contributed by atoms with E-state index in [0.717, 1.165) is 18.4 Å². The van der Waals surface area contributed by atoms with E-state index in [1.54, 1.807) is 23.5 Å². The van der Waals surface area contributed by atoms with Crippen molar-refractivity contribution in [3.05, 3.63) is 58.0 Å². The molecule has 0 aliphatic heterocycles. The Morgan fingerprint density at radius 3 is 2.68 bits per heavy atom. The van der Waals surface area contributed by atoms with Crippen molar-refractivity contribution < 1.29 is 9.18 Å². The summed E-state index contributed by atoms with van der Waals surface area (Å²) in [4.78, 5) is 15.5. The van der Waals surface area contributed by atoms with E-state index >= 15 is 0 Å². The van der Waals surface area contributed by atoms with Gasteiger partial charge in [-0.15, -0.1) is 11.3 Å². The summed E-state index contributed by atoms with van der Waals surface area (Å²) in [5, 5.41) is 5.01. The van der Waals surface area contributed by atoms with Crippen LogP contribution in [0.2, 0.25) is 0 Å². The number of benzene rings is 1. The van der Waals surface area contributed by atoms with E-state index in [-0.39, 0.29) is 11.8 Å². The summed E-state index contributed by atoms with van der Waals surface area (Å²) in [6.07, 6.45) is 2.90. The molecule has 22 heavy (non-hydrogen) atoms. The fraction of sp³-hybridized carbons (Fsp3) is 0.353. The molecule has 1 aromatic carbocycles. The SMILES string of the molecule is O=C(NCCc1ccc(F)cc1)N(Cc1cccs1)C1CC1. The van der Waals surface area contributed by atoms with E-state index in [1.807, 2.05) is 16.3 Å². The Morgan fingerprint density at radius 1 is 1.27 bits per heavy atom. The maximum atomic E-state index is 12.8. The van der Waals surface area contributed by atoms with Gasteiger partial charge in [-0.1, -0.05) is 18.2 Å². The van der Waals surface area contributed by atoms with E-state index < -0.39 is 0 Å². The van der Waals surface area contributed by atoms with Crippen molar-refractivity contribution in [2.45, 2.75) is 31.8 Å². The second kappa shape index (κ2) is 6.92. The molecule has 0 unspecified atom stereocenters. The third-order valence-electron chi connectivity index (χ3n) is 3.76. The molecule has 1 aliphatic carbocycles. The second-order valence-corrected chi connectivity index (χ2v) is 6.58. The minimum absolute atomic E-state index is 0.00184. The molecule has 0 atom stereocenters. The second-order valence-electron chi connectivity index (χ2n) is 5.55. The number of amides is 2. The number of urea groups is 1. The van der Waals surface area contributed by atoms with Gasteiger partial charge in [0.05, 0.1) is 6.54 Å². The monoisotopic (exact) mass is 318 g/mol. The van der Waals surface area contributed by atoms with Crippen LogP contribution < -0.4 is 5.32 Å². The summed E-state index contributed by atoms with van der Waals surface area (Å²) in [7, 11) is 0. The molecule has 0 spiro atoms. The lowest BCUT2D eigenvalue weighted by Gasteiger charge is -2.22. The quantitative estimate of drug-likeness (QED) is 0.863. The van der Waals surface area contributed by atoms with Crippen molar-refractivity contribution >= 4 is 17.4 Å². The van der Waals surface area contributed by atoms with Crippen LogP contribution in [-0.4, -0.2) is 23.5 Å². The molecule has 1 saturated carbocycles. The van der Waals surface area contributed by atoms with Gasteiger partial charge >= 0.3 is 6.03 Å². The minimum Gasteiger partial charge on any atom is -0.338 e. The van der Waals surface area contributed by atoms with E-state index in [0.29, 0.717) is 25.6 Å². The Hall–Kier alpha value is -1.88. The minimum atomic E-state index is -0.233. The Bertz CT molecular complexity index is 608. The van der Waals surface area contributed by atoms with Crippen LogP contribution in [-0.2, 0) is 13.0 Å². The largest absolute Gasteiger partial charge is 0.338 e. The average Bonchev–Trinajstić information content (AvgIpc) is 3.23. The van der Waals surface area contributed by atoms with Crippen molar-refractivity contribution in [2.75, 3.05) is 6.54 Å². The van der Waals surface area contributed by atoms with Gasteiger partial charge in [0.1, 0.15) is 5.82 Å². The summed E-state index contributed by atoms with van der Waals surface area (Å²) in [6.45, 7) is 1.25. The van der Waals surface area contributed by atoms with Crippen LogP contribution in [0.4, 0.5) is 9.18 Å². The molecule has 1 N–H and O–H groups in total. The van der Waals surface area contributed by atoms with Gasteiger partial charge in [-0.3, -0.25) is 0 Å². The first-order valence-corrected chi connectivity index (χ1v) is 8.41. The van der Waals surface area contributed by atoms with E-state index in [4.69, 9.17) is 0 Å². The third-order valence-corrected chi connectivity index (χ3v) is 4.62. The number of carbonyl (C=O) groups is 1. The van der Waals surface area contributed by atoms with Crippen molar-refractivity contribution in [2.24, 2.45) is 0 Å². The third kappa shape index (κ3) is 4.07. The molecule has 1 heterocycles. The standard InChI is InChI=1S/C17H19FN2OS/c18-14-5-3-13(4-6-14)9-10-19-17(21)20(15-7-8-15)12-16-2-1-11-22-16/h1-6,11,15H,7-10,12H2,(H,19,21). The van der Waals surface area contributed by atoms with Gasteiger partial charge < -0.3 is 10.2 Å². The molecule has 1 fully saturated rings. The highest BCUT2D eigenvalue weighted by molar-refractivity contribution is 7.09. The Labute approximate surface area is 133 Å². The van der Waals surface area contributed by atoms with Gasteiger partial charge in [0.15, 0.2) is 0 Å². The molecule has 2 amide bonds. The lowest BCUT2D eigenvalue weighted by Crippen LogP contribution is -2.41. The number of hydrogen-bond donors (Lipinski definition) is 1. The molecule has 3 rings (SSSR count). The molecule has 5 heteroatoms. The fourth-order valence-corrected chi connectivity index (χ4v) is 3.09. The van der Waals surface area contributed by atoms with Crippen LogP contribution in [0.25, 0.3) is 0 Å². The molecule has 1 aliphatic rings. The predicted molar refractivity (Wildman–Crippen MR) is 86.4 cm³/mol. The lowest BCUT2D eigenvalue weighted by atomic mass is 10.1. The van der Waals surface area contributed by atoms with Crippen molar-refractivity contribution in [1.29, 1.82) is 0 Å². The number of nitrogens with one attached hydrogen (secondary N) is 1.